The minimum absolute atomic E-state index is 0.654. The molecule has 0 unspecified atom stereocenters. The van der Waals surface area contributed by atoms with Crippen LogP contribution in [0.3, 0.4) is 0 Å². The van der Waals surface area contributed by atoms with E-state index in [1.165, 1.54) is 38.5 Å². The Balaban J connectivity index is 1.68. The van der Waals surface area contributed by atoms with E-state index in [9.17, 15) is 0 Å². The van der Waals surface area contributed by atoms with E-state index in [-0.39, 0.29) is 0 Å². The highest BCUT2D eigenvalue weighted by Crippen LogP contribution is 2.17. The maximum absolute atomic E-state index is 5.12. The van der Waals surface area contributed by atoms with Crippen LogP contribution < -0.4 is 0 Å². The SMILES string of the molecule is CCCCCCC[C@@H]1CO1. The molecule has 10 heavy (non-hydrogen) atoms. The van der Waals surface area contributed by atoms with Crippen LogP contribution in [0.2, 0.25) is 0 Å². The number of hydrogen-bond donors (Lipinski definition) is 0. The van der Waals surface area contributed by atoms with E-state index >= 15 is 0 Å². The average Bonchev–Trinajstić information content (AvgIpc) is 2.71. The molecule has 0 radical (unpaired) electrons. The van der Waals surface area contributed by atoms with Crippen LogP contribution in [0.25, 0.3) is 0 Å². The summed E-state index contributed by atoms with van der Waals surface area (Å²) in [4.78, 5) is 0. The van der Waals surface area contributed by atoms with Gasteiger partial charge in [-0.05, 0) is 6.42 Å². The van der Waals surface area contributed by atoms with E-state index in [1.54, 1.807) is 0 Å². The standard InChI is InChI=1S/C9H18O/c1-2-3-4-5-6-7-9-8-10-9/h9H,2-8H2,1H3/t9-/m1/s1. The van der Waals surface area contributed by atoms with Gasteiger partial charge >= 0.3 is 0 Å². The van der Waals surface area contributed by atoms with Gasteiger partial charge in [-0.25, -0.2) is 0 Å². The molecule has 1 rings (SSSR count). The fourth-order valence-electron chi connectivity index (χ4n) is 1.21. The second-order valence-electron chi connectivity index (χ2n) is 3.16. The molecule has 0 saturated carbocycles. The van der Waals surface area contributed by atoms with Crippen molar-refractivity contribution in [2.75, 3.05) is 6.61 Å². The van der Waals surface area contributed by atoms with Gasteiger partial charge in [-0.1, -0.05) is 39.0 Å². The highest BCUT2D eigenvalue weighted by molar-refractivity contribution is 4.67. The Bertz CT molecular complexity index is 76.8. The summed E-state index contributed by atoms with van der Waals surface area (Å²) in [5.74, 6) is 0. The highest BCUT2D eigenvalue weighted by atomic mass is 16.6. The molecule has 0 bridgehead atoms. The number of hydrogen-bond acceptors (Lipinski definition) is 1. The van der Waals surface area contributed by atoms with Gasteiger partial charge in [-0.2, -0.15) is 0 Å². The summed E-state index contributed by atoms with van der Waals surface area (Å²) in [6.45, 7) is 3.29. The molecule has 0 N–H and O–H groups in total. The third kappa shape index (κ3) is 3.89. The van der Waals surface area contributed by atoms with Crippen molar-refractivity contribution < 1.29 is 4.74 Å². The molecule has 1 atom stereocenters. The van der Waals surface area contributed by atoms with E-state index in [1.807, 2.05) is 0 Å². The predicted molar refractivity (Wildman–Crippen MR) is 43.1 cm³/mol. The van der Waals surface area contributed by atoms with Gasteiger partial charge in [0.05, 0.1) is 12.7 Å². The minimum Gasteiger partial charge on any atom is -0.373 e. The van der Waals surface area contributed by atoms with Gasteiger partial charge in [-0.3, -0.25) is 0 Å². The lowest BCUT2D eigenvalue weighted by Gasteiger charge is -1.96. The Labute approximate surface area is 63.8 Å². The molecular formula is C9H18O. The zero-order valence-electron chi connectivity index (χ0n) is 6.94. The summed E-state index contributed by atoms with van der Waals surface area (Å²) in [5.41, 5.74) is 0. The maximum Gasteiger partial charge on any atom is 0.0810 e. The Kier molecular flexibility index (Phi) is 3.81. The van der Waals surface area contributed by atoms with Gasteiger partial charge in [0.25, 0.3) is 0 Å². The molecule has 60 valence electrons. The summed E-state index contributed by atoms with van der Waals surface area (Å²) in [7, 11) is 0. The van der Waals surface area contributed by atoms with Crippen molar-refractivity contribution in [1.82, 2.24) is 0 Å². The van der Waals surface area contributed by atoms with Crippen LogP contribution in [0.4, 0.5) is 0 Å². The number of rotatable bonds is 6. The summed E-state index contributed by atoms with van der Waals surface area (Å²) in [6.07, 6.45) is 8.93. The smallest absolute Gasteiger partial charge is 0.0810 e. The van der Waals surface area contributed by atoms with E-state index in [4.69, 9.17) is 4.74 Å². The Morgan fingerprint density at radius 3 is 2.50 bits per heavy atom. The normalized spacial score (nSPS) is 23.1. The summed E-state index contributed by atoms with van der Waals surface area (Å²) in [6, 6.07) is 0. The molecular weight excluding hydrogens is 124 g/mol. The monoisotopic (exact) mass is 142 g/mol. The first-order valence-electron chi connectivity index (χ1n) is 4.55. The van der Waals surface area contributed by atoms with Gasteiger partial charge in [0, 0.05) is 0 Å². The van der Waals surface area contributed by atoms with Gasteiger partial charge < -0.3 is 4.74 Å². The molecule has 0 aromatic rings. The zero-order chi connectivity index (χ0) is 7.23. The van der Waals surface area contributed by atoms with Crippen LogP contribution in [0.15, 0.2) is 0 Å². The van der Waals surface area contributed by atoms with Crippen LogP contribution in [0, 0.1) is 0 Å². The van der Waals surface area contributed by atoms with Crippen molar-refractivity contribution in [3.05, 3.63) is 0 Å². The Morgan fingerprint density at radius 1 is 1.20 bits per heavy atom. The van der Waals surface area contributed by atoms with Gasteiger partial charge in [0.1, 0.15) is 0 Å². The summed E-state index contributed by atoms with van der Waals surface area (Å²) < 4.78 is 5.12. The Hall–Kier alpha value is -0.0400. The van der Waals surface area contributed by atoms with Crippen molar-refractivity contribution >= 4 is 0 Å². The first-order valence-corrected chi connectivity index (χ1v) is 4.55. The summed E-state index contributed by atoms with van der Waals surface area (Å²) >= 11 is 0. The van der Waals surface area contributed by atoms with Crippen LogP contribution in [-0.4, -0.2) is 12.7 Å². The topological polar surface area (TPSA) is 12.5 Å². The molecule has 1 fully saturated rings. The quantitative estimate of drug-likeness (QED) is 0.410. The molecule has 0 amide bonds. The number of unbranched alkanes of at least 4 members (excludes halogenated alkanes) is 4. The van der Waals surface area contributed by atoms with Crippen molar-refractivity contribution in [1.29, 1.82) is 0 Å². The molecule has 0 aromatic carbocycles. The molecule has 1 aliphatic heterocycles. The number of ether oxygens (including phenoxy) is 1. The maximum atomic E-state index is 5.12. The lowest BCUT2D eigenvalue weighted by atomic mass is 10.1. The second kappa shape index (κ2) is 4.73. The molecule has 1 aliphatic rings. The molecule has 0 spiro atoms. The van der Waals surface area contributed by atoms with Crippen molar-refractivity contribution in [2.24, 2.45) is 0 Å². The highest BCUT2D eigenvalue weighted by Gasteiger charge is 2.20. The van der Waals surface area contributed by atoms with Crippen LogP contribution in [0.1, 0.15) is 45.4 Å². The molecule has 1 heteroatoms. The van der Waals surface area contributed by atoms with E-state index < -0.39 is 0 Å². The van der Waals surface area contributed by atoms with Crippen LogP contribution in [0.5, 0.6) is 0 Å². The van der Waals surface area contributed by atoms with E-state index in [0.29, 0.717) is 6.10 Å². The first kappa shape index (κ1) is 8.06. The van der Waals surface area contributed by atoms with Crippen molar-refractivity contribution in [3.8, 4) is 0 Å². The van der Waals surface area contributed by atoms with Crippen molar-refractivity contribution in [2.45, 2.75) is 51.6 Å². The molecule has 0 aliphatic carbocycles. The average molecular weight is 142 g/mol. The molecule has 0 aromatic heterocycles. The summed E-state index contributed by atoms with van der Waals surface area (Å²) in [5, 5.41) is 0. The Morgan fingerprint density at radius 2 is 1.90 bits per heavy atom. The predicted octanol–water partition coefficient (Wildman–Crippen LogP) is 2.75. The van der Waals surface area contributed by atoms with Gasteiger partial charge in [-0.15, -0.1) is 0 Å². The van der Waals surface area contributed by atoms with Gasteiger partial charge in [0.15, 0.2) is 0 Å². The molecule has 1 saturated heterocycles. The van der Waals surface area contributed by atoms with Crippen molar-refractivity contribution in [3.63, 3.8) is 0 Å². The third-order valence-corrected chi connectivity index (χ3v) is 2.03. The number of epoxide rings is 1. The van der Waals surface area contributed by atoms with Crippen LogP contribution >= 0.6 is 0 Å². The second-order valence-corrected chi connectivity index (χ2v) is 3.16. The van der Waals surface area contributed by atoms with E-state index in [2.05, 4.69) is 6.92 Å². The lowest BCUT2D eigenvalue weighted by molar-refractivity contribution is 0.388. The fourth-order valence-corrected chi connectivity index (χ4v) is 1.21. The third-order valence-electron chi connectivity index (χ3n) is 2.03. The van der Waals surface area contributed by atoms with Gasteiger partial charge in [0.2, 0.25) is 0 Å². The fraction of sp³-hybridized carbons (Fsp3) is 1.00. The largest absolute Gasteiger partial charge is 0.373 e. The van der Waals surface area contributed by atoms with Crippen LogP contribution in [-0.2, 0) is 4.74 Å². The molecule has 1 nitrogen and oxygen atoms in total. The molecule has 1 heterocycles. The lowest BCUT2D eigenvalue weighted by Crippen LogP contribution is -1.84. The first-order chi connectivity index (χ1) is 4.93. The van der Waals surface area contributed by atoms with E-state index in [0.717, 1.165) is 6.61 Å². The minimum atomic E-state index is 0.654. The zero-order valence-corrected chi connectivity index (χ0v) is 6.94.